The number of anilines is 1. The van der Waals surface area contributed by atoms with Crippen LogP contribution in [0.5, 0.6) is 0 Å². The lowest BCUT2D eigenvalue weighted by atomic mass is 9.78. The lowest BCUT2D eigenvalue weighted by molar-refractivity contribution is -0.462. The van der Waals surface area contributed by atoms with Crippen molar-refractivity contribution in [2.75, 3.05) is 40.1 Å². The van der Waals surface area contributed by atoms with Gasteiger partial charge in [0.15, 0.2) is 5.71 Å². The monoisotopic (exact) mass is 387 g/mol. The summed E-state index contributed by atoms with van der Waals surface area (Å²) < 4.78 is 4.29. The summed E-state index contributed by atoms with van der Waals surface area (Å²) >= 11 is 0. The zero-order valence-electron chi connectivity index (χ0n) is 18.5. The van der Waals surface area contributed by atoms with Crippen molar-refractivity contribution in [1.82, 2.24) is 0 Å². The highest BCUT2D eigenvalue weighted by molar-refractivity contribution is 6.01. The third-order valence-electron chi connectivity index (χ3n) is 5.70. The second-order valence-corrected chi connectivity index (χ2v) is 8.04. The maximum Gasteiger partial charge on any atom is 0.204 e. The molecule has 0 bridgehead atoms. The van der Waals surface area contributed by atoms with Crippen LogP contribution in [0.15, 0.2) is 72.8 Å². The van der Waals surface area contributed by atoms with Gasteiger partial charge in [0, 0.05) is 62.8 Å². The predicted molar refractivity (Wildman–Crippen MR) is 126 cm³/mol. The van der Waals surface area contributed by atoms with Crippen LogP contribution in [0.4, 0.5) is 11.4 Å². The fourth-order valence-electron chi connectivity index (χ4n) is 3.74. The fourth-order valence-corrected chi connectivity index (χ4v) is 3.74. The number of hydrogen-bond acceptors (Lipinski definition) is 1. The first kappa shape index (κ1) is 20.8. The number of nitrogens with zero attached hydrogens (tertiary/aromatic N) is 3. The second kappa shape index (κ2) is 9.04. The Labute approximate surface area is 175 Å². The molecule has 0 saturated heterocycles. The van der Waals surface area contributed by atoms with E-state index in [0.717, 1.165) is 0 Å². The van der Waals surface area contributed by atoms with Crippen molar-refractivity contribution in [2.45, 2.75) is 12.8 Å². The maximum atomic E-state index is 2.33. The van der Waals surface area contributed by atoms with Crippen LogP contribution >= 0.6 is 0 Å². The molecule has 29 heavy (non-hydrogen) atoms. The molecule has 3 nitrogen and oxygen atoms in total. The predicted octanol–water partition coefficient (Wildman–Crippen LogP) is 4.70. The quantitative estimate of drug-likeness (QED) is 0.534. The maximum absolute atomic E-state index is 2.33. The molecule has 0 fully saturated rings. The van der Waals surface area contributed by atoms with Crippen molar-refractivity contribution in [3.05, 3.63) is 84.0 Å². The van der Waals surface area contributed by atoms with E-state index in [1.807, 2.05) is 0 Å². The molecule has 0 radical (unpaired) electrons. The molecule has 3 rings (SSSR count). The van der Waals surface area contributed by atoms with E-state index >= 15 is 0 Å². The summed E-state index contributed by atoms with van der Waals surface area (Å²) in [6.07, 6.45) is 11.2. The largest absolute Gasteiger partial charge is 0.378 e. The molecule has 2 aromatic carbocycles. The van der Waals surface area contributed by atoms with Gasteiger partial charge < -0.3 is 4.90 Å². The van der Waals surface area contributed by atoms with Crippen molar-refractivity contribution in [3.63, 3.8) is 0 Å². The number of rotatable bonds is 5. The summed E-state index contributed by atoms with van der Waals surface area (Å²) in [4.78, 5) is 2.14. The van der Waals surface area contributed by atoms with E-state index in [4.69, 9.17) is 0 Å². The molecule has 3 heteroatoms. The Morgan fingerprint density at radius 2 is 1.34 bits per heavy atom. The van der Waals surface area contributed by atoms with E-state index < -0.39 is 0 Å². The number of hydrogen-bond donors (Lipinski definition) is 0. The van der Waals surface area contributed by atoms with E-state index in [-0.39, 0.29) is 5.92 Å². The highest BCUT2D eigenvalue weighted by Crippen LogP contribution is 2.36. The molecular weight excluding hydrogens is 354 g/mol. The van der Waals surface area contributed by atoms with Crippen molar-refractivity contribution >= 4 is 23.3 Å². The van der Waals surface area contributed by atoms with Gasteiger partial charge >= 0.3 is 0 Å². The van der Waals surface area contributed by atoms with Gasteiger partial charge in [-0.1, -0.05) is 36.4 Å². The Hall–Kier alpha value is -2.94. The van der Waals surface area contributed by atoms with Gasteiger partial charge in [0.1, 0.15) is 27.4 Å². The molecule has 0 aromatic heterocycles. The summed E-state index contributed by atoms with van der Waals surface area (Å²) in [6, 6.07) is 17.9. The Balaban J connectivity index is 2.01. The van der Waals surface area contributed by atoms with Gasteiger partial charge in [-0.2, -0.15) is 0 Å². The van der Waals surface area contributed by atoms with Crippen LogP contribution in [0.25, 0.3) is 0 Å². The zero-order valence-corrected chi connectivity index (χ0v) is 18.5. The van der Waals surface area contributed by atoms with Gasteiger partial charge in [0.25, 0.3) is 0 Å². The molecule has 0 amide bonds. The molecule has 1 unspecified atom stereocenters. The smallest absolute Gasteiger partial charge is 0.204 e. The van der Waals surface area contributed by atoms with Gasteiger partial charge in [-0.3, -0.25) is 0 Å². The molecule has 1 atom stereocenters. The van der Waals surface area contributed by atoms with E-state index in [2.05, 4.69) is 135 Å². The molecule has 0 N–H and O–H groups in total. The average Bonchev–Trinajstić information content (AvgIpc) is 2.74. The zero-order chi connectivity index (χ0) is 21.0. The Bertz CT molecular complexity index is 938. The van der Waals surface area contributed by atoms with Crippen LogP contribution in [0, 0.1) is 5.92 Å². The van der Waals surface area contributed by atoms with Gasteiger partial charge in [-0.25, -0.2) is 9.15 Å². The lowest BCUT2D eigenvalue weighted by Crippen LogP contribution is -2.17. The third kappa shape index (κ3) is 4.73. The topological polar surface area (TPSA) is 9.26 Å². The normalized spacial score (nSPS) is 17.4. The van der Waals surface area contributed by atoms with Gasteiger partial charge in [-0.15, -0.1) is 0 Å². The standard InChI is InChI=1S/C26H33N3/c1-7-29(6)25-18-12-22(13-19-25)26(20-8-14-23(15-9-20)27(2)3)21-10-16-24(17-11-21)28(4)5/h7-20,26H,1-6H3/q+2. The van der Waals surface area contributed by atoms with Crippen LogP contribution in [-0.4, -0.2) is 56.3 Å². The molecular formula is C26H33N3+2. The first-order chi connectivity index (χ1) is 13.9. The minimum absolute atomic E-state index is 0.285. The highest BCUT2D eigenvalue weighted by atomic mass is 15.1. The molecule has 0 saturated carbocycles. The van der Waals surface area contributed by atoms with E-state index in [1.165, 1.54) is 28.2 Å². The summed E-state index contributed by atoms with van der Waals surface area (Å²) in [5.41, 5.74) is 6.34. The average molecular weight is 388 g/mol. The van der Waals surface area contributed by atoms with Crippen molar-refractivity contribution < 1.29 is 9.15 Å². The number of allylic oxidation sites excluding steroid dienone is 4. The first-order valence-corrected chi connectivity index (χ1v) is 10.2. The molecule has 0 heterocycles. The minimum Gasteiger partial charge on any atom is -0.378 e. The van der Waals surface area contributed by atoms with E-state index in [1.54, 1.807) is 0 Å². The van der Waals surface area contributed by atoms with E-state index in [0.29, 0.717) is 5.92 Å². The molecule has 150 valence electrons. The summed E-state index contributed by atoms with van der Waals surface area (Å²) in [5.74, 6) is 0.609. The Morgan fingerprint density at radius 1 is 0.828 bits per heavy atom. The molecule has 0 aliphatic heterocycles. The Kier molecular flexibility index (Phi) is 6.48. The molecule has 1 aliphatic rings. The second-order valence-electron chi connectivity index (χ2n) is 8.04. The molecule has 1 aliphatic carbocycles. The van der Waals surface area contributed by atoms with Gasteiger partial charge in [0.05, 0.1) is 0 Å². The third-order valence-corrected chi connectivity index (χ3v) is 5.70. The van der Waals surface area contributed by atoms with Crippen LogP contribution in [-0.2, 0) is 0 Å². The summed E-state index contributed by atoms with van der Waals surface area (Å²) in [7, 11) is 10.4. The SMILES string of the molecule is CC=[N+](C)c1ccc(C(c2ccc(N(C)C)cc2)C2C=CC(=[N+](C)C)C=C2)cc1. The van der Waals surface area contributed by atoms with Crippen LogP contribution in [0.1, 0.15) is 24.0 Å². The van der Waals surface area contributed by atoms with Crippen molar-refractivity contribution in [1.29, 1.82) is 0 Å². The number of benzene rings is 2. The van der Waals surface area contributed by atoms with Crippen molar-refractivity contribution in [2.24, 2.45) is 5.92 Å². The molecule has 2 aromatic rings. The molecule has 0 spiro atoms. The lowest BCUT2D eigenvalue weighted by Gasteiger charge is -2.25. The van der Waals surface area contributed by atoms with Crippen LogP contribution < -0.4 is 4.90 Å². The van der Waals surface area contributed by atoms with Crippen molar-refractivity contribution in [3.8, 4) is 0 Å². The summed E-state index contributed by atoms with van der Waals surface area (Å²) in [6.45, 7) is 2.06. The van der Waals surface area contributed by atoms with Crippen LogP contribution in [0.2, 0.25) is 0 Å². The first-order valence-electron chi connectivity index (χ1n) is 10.2. The van der Waals surface area contributed by atoms with Gasteiger partial charge in [0.2, 0.25) is 5.69 Å². The van der Waals surface area contributed by atoms with E-state index in [9.17, 15) is 0 Å². The fraction of sp³-hybridized carbons (Fsp3) is 0.308. The van der Waals surface area contributed by atoms with Crippen LogP contribution in [0.3, 0.4) is 0 Å². The summed E-state index contributed by atoms with van der Waals surface area (Å²) in [5, 5.41) is 0. The highest BCUT2D eigenvalue weighted by Gasteiger charge is 2.24. The Morgan fingerprint density at radius 3 is 1.79 bits per heavy atom. The minimum atomic E-state index is 0.285. The van der Waals surface area contributed by atoms with Gasteiger partial charge in [-0.05, 0) is 23.3 Å².